The zero-order valence-corrected chi connectivity index (χ0v) is 12.6. The maximum atomic E-state index is 8.55. The van der Waals surface area contributed by atoms with E-state index in [1.54, 1.807) is 0 Å². The Morgan fingerprint density at radius 1 is 1.40 bits per heavy atom. The van der Waals surface area contributed by atoms with Crippen molar-refractivity contribution in [2.24, 2.45) is 11.3 Å². The maximum absolute atomic E-state index is 8.55. The van der Waals surface area contributed by atoms with Crippen LogP contribution < -0.4 is 10.1 Å². The summed E-state index contributed by atoms with van der Waals surface area (Å²) in [4.78, 5) is 0. The van der Waals surface area contributed by atoms with Crippen LogP contribution in [0.4, 0.5) is 5.69 Å². The van der Waals surface area contributed by atoms with Crippen LogP contribution >= 0.6 is 0 Å². The van der Waals surface area contributed by atoms with Crippen LogP contribution in [-0.2, 0) is 0 Å². The van der Waals surface area contributed by atoms with Crippen LogP contribution in [0.2, 0.25) is 0 Å². The molecule has 1 aliphatic carbocycles. The molecule has 1 saturated carbocycles. The molecule has 20 heavy (non-hydrogen) atoms. The monoisotopic (exact) mass is 272 g/mol. The number of nitriles is 1. The number of hydrogen-bond acceptors (Lipinski definition) is 3. The predicted molar refractivity (Wildman–Crippen MR) is 81.8 cm³/mol. The molecule has 0 aliphatic heterocycles. The second-order valence-electron chi connectivity index (χ2n) is 6.73. The van der Waals surface area contributed by atoms with Gasteiger partial charge in [-0.15, -0.1) is 0 Å². The molecule has 1 aliphatic rings. The third-order valence-corrected chi connectivity index (χ3v) is 3.90. The lowest BCUT2D eigenvalue weighted by Crippen LogP contribution is -2.35. The molecule has 1 N–H and O–H groups in total. The van der Waals surface area contributed by atoms with Crippen LogP contribution in [0, 0.1) is 22.7 Å². The molecule has 3 heteroatoms. The smallest absolute Gasteiger partial charge is 0.174 e. The molecule has 0 bridgehead atoms. The summed E-state index contributed by atoms with van der Waals surface area (Å²) in [5.41, 5.74) is 1.49. The van der Waals surface area contributed by atoms with Gasteiger partial charge in [0.25, 0.3) is 0 Å². The van der Waals surface area contributed by atoms with Gasteiger partial charge in [-0.3, -0.25) is 0 Å². The minimum absolute atomic E-state index is 0.0942. The van der Waals surface area contributed by atoms with Crippen molar-refractivity contribution in [1.82, 2.24) is 0 Å². The fraction of sp³-hybridized carbons (Fsp3) is 0.588. The number of hydrogen-bond donors (Lipinski definition) is 1. The molecule has 1 fully saturated rings. The van der Waals surface area contributed by atoms with E-state index in [1.807, 2.05) is 24.3 Å². The lowest BCUT2D eigenvalue weighted by atomic mass is 9.70. The normalized spacial score (nSPS) is 24.7. The van der Waals surface area contributed by atoms with Gasteiger partial charge >= 0.3 is 0 Å². The molecule has 0 aromatic heterocycles. The van der Waals surface area contributed by atoms with Crippen molar-refractivity contribution in [2.75, 3.05) is 11.9 Å². The lowest BCUT2D eigenvalue weighted by Gasteiger charge is -2.39. The first-order chi connectivity index (χ1) is 9.48. The number of benzene rings is 1. The second kappa shape index (κ2) is 6.17. The number of anilines is 1. The van der Waals surface area contributed by atoms with Crippen molar-refractivity contribution < 1.29 is 4.74 Å². The van der Waals surface area contributed by atoms with Crippen molar-refractivity contribution >= 4 is 5.69 Å². The van der Waals surface area contributed by atoms with Crippen molar-refractivity contribution in [3.63, 3.8) is 0 Å². The Labute approximate surface area is 121 Å². The summed E-state index contributed by atoms with van der Waals surface area (Å²) in [6, 6.07) is 10.4. The molecule has 108 valence electrons. The largest absolute Gasteiger partial charge is 0.479 e. The van der Waals surface area contributed by atoms with Crippen LogP contribution in [0.3, 0.4) is 0 Å². The second-order valence-corrected chi connectivity index (χ2v) is 6.73. The van der Waals surface area contributed by atoms with Crippen LogP contribution in [0.5, 0.6) is 5.75 Å². The Kier molecular flexibility index (Phi) is 4.54. The molecule has 1 aromatic carbocycles. The van der Waals surface area contributed by atoms with E-state index in [1.165, 1.54) is 19.3 Å². The van der Waals surface area contributed by atoms with E-state index in [2.05, 4.69) is 32.2 Å². The van der Waals surface area contributed by atoms with Crippen molar-refractivity contribution in [1.29, 1.82) is 5.26 Å². The number of ether oxygens (including phenoxy) is 1. The standard InChI is InChI=1S/C17H24N2O/c1-13-9-15(12-17(2,3)11-13)19-14-5-4-6-16(10-14)20-8-7-18/h4-6,10,13,15,19H,8-9,11-12H2,1-3H3. The van der Waals surface area contributed by atoms with Crippen molar-refractivity contribution in [3.8, 4) is 11.8 Å². The molecule has 0 heterocycles. The van der Waals surface area contributed by atoms with Gasteiger partial charge in [0.2, 0.25) is 0 Å². The first kappa shape index (κ1) is 14.7. The summed E-state index contributed by atoms with van der Waals surface area (Å²) >= 11 is 0. The highest BCUT2D eigenvalue weighted by molar-refractivity contribution is 5.49. The SMILES string of the molecule is CC1CC(Nc2cccc(OCC#N)c2)CC(C)(C)C1. The summed E-state index contributed by atoms with van der Waals surface area (Å²) in [5, 5.41) is 12.2. The first-order valence-electron chi connectivity index (χ1n) is 7.35. The molecule has 0 spiro atoms. The molecule has 1 aromatic rings. The molecule has 2 rings (SSSR count). The van der Waals surface area contributed by atoms with Gasteiger partial charge in [-0.1, -0.05) is 26.8 Å². The lowest BCUT2D eigenvalue weighted by molar-refractivity contribution is 0.178. The summed E-state index contributed by atoms with van der Waals surface area (Å²) in [6.07, 6.45) is 3.71. The fourth-order valence-corrected chi connectivity index (χ4v) is 3.48. The highest BCUT2D eigenvalue weighted by atomic mass is 16.5. The molecule has 3 nitrogen and oxygen atoms in total. The van der Waals surface area contributed by atoms with Gasteiger partial charge in [-0.05, 0) is 42.7 Å². The van der Waals surface area contributed by atoms with E-state index >= 15 is 0 Å². The van der Waals surface area contributed by atoms with Crippen LogP contribution in [0.1, 0.15) is 40.0 Å². The quantitative estimate of drug-likeness (QED) is 0.892. The van der Waals surface area contributed by atoms with Crippen molar-refractivity contribution in [2.45, 2.75) is 46.1 Å². The van der Waals surface area contributed by atoms with Crippen molar-refractivity contribution in [3.05, 3.63) is 24.3 Å². The Morgan fingerprint density at radius 3 is 2.90 bits per heavy atom. The number of nitrogens with zero attached hydrogens (tertiary/aromatic N) is 1. The minimum atomic E-state index is 0.0942. The van der Waals surface area contributed by atoms with Gasteiger partial charge in [0.15, 0.2) is 6.61 Å². The number of nitrogens with one attached hydrogen (secondary N) is 1. The van der Waals surface area contributed by atoms with Crippen LogP contribution in [0.15, 0.2) is 24.3 Å². The average molecular weight is 272 g/mol. The molecular weight excluding hydrogens is 248 g/mol. The molecular formula is C17H24N2O. The topological polar surface area (TPSA) is 45.0 Å². The third kappa shape index (κ3) is 4.16. The van der Waals surface area contributed by atoms with E-state index < -0.39 is 0 Å². The Bertz CT molecular complexity index is 490. The first-order valence-corrected chi connectivity index (χ1v) is 7.35. The summed E-state index contributed by atoms with van der Waals surface area (Å²) < 4.78 is 5.35. The third-order valence-electron chi connectivity index (χ3n) is 3.90. The minimum Gasteiger partial charge on any atom is -0.479 e. The van der Waals surface area contributed by atoms with Gasteiger partial charge in [-0.2, -0.15) is 5.26 Å². The van der Waals surface area contributed by atoms with Crippen LogP contribution in [-0.4, -0.2) is 12.6 Å². The highest BCUT2D eigenvalue weighted by Gasteiger charge is 2.31. The zero-order valence-electron chi connectivity index (χ0n) is 12.6. The number of rotatable bonds is 4. The Balaban J connectivity index is 2.00. The molecule has 0 saturated heterocycles. The maximum Gasteiger partial charge on any atom is 0.174 e. The predicted octanol–water partition coefficient (Wildman–Crippen LogP) is 4.22. The summed E-state index contributed by atoms with van der Waals surface area (Å²) in [7, 11) is 0. The Hall–Kier alpha value is -1.69. The van der Waals surface area contributed by atoms with Gasteiger partial charge in [0.1, 0.15) is 11.8 Å². The fourth-order valence-electron chi connectivity index (χ4n) is 3.48. The van der Waals surface area contributed by atoms with E-state index in [0.717, 1.165) is 17.4 Å². The van der Waals surface area contributed by atoms with E-state index in [4.69, 9.17) is 10.00 Å². The van der Waals surface area contributed by atoms with Crippen LogP contribution in [0.25, 0.3) is 0 Å². The summed E-state index contributed by atoms with van der Waals surface area (Å²) in [6.45, 7) is 7.13. The van der Waals surface area contributed by atoms with E-state index in [0.29, 0.717) is 11.5 Å². The molecule has 2 atom stereocenters. The zero-order chi connectivity index (χ0) is 14.6. The summed E-state index contributed by atoms with van der Waals surface area (Å²) in [5.74, 6) is 1.51. The van der Waals surface area contributed by atoms with Gasteiger partial charge in [0, 0.05) is 17.8 Å². The molecule has 2 unspecified atom stereocenters. The van der Waals surface area contributed by atoms with E-state index in [9.17, 15) is 0 Å². The Morgan fingerprint density at radius 2 is 2.20 bits per heavy atom. The average Bonchev–Trinajstić information content (AvgIpc) is 2.34. The van der Waals surface area contributed by atoms with Gasteiger partial charge in [-0.25, -0.2) is 0 Å². The highest BCUT2D eigenvalue weighted by Crippen LogP contribution is 2.39. The molecule has 0 radical (unpaired) electrons. The van der Waals surface area contributed by atoms with Gasteiger partial charge < -0.3 is 10.1 Å². The van der Waals surface area contributed by atoms with Gasteiger partial charge in [0.05, 0.1) is 0 Å². The molecule has 0 amide bonds. The van der Waals surface area contributed by atoms with E-state index in [-0.39, 0.29) is 6.61 Å².